The molecule has 0 bridgehead atoms. The molecule has 6 heteroatoms. The molecule has 2 aromatic carbocycles. The van der Waals surface area contributed by atoms with Crippen LogP contribution in [0.2, 0.25) is 0 Å². The summed E-state index contributed by atoms with van der Waals surface area (Å²) in [6.07, 6.45) is 0. The maximum Gasteiger partial charge on any atom is 0.255 e. The lowest BCUT2D eigenvalue weighted by Gasteiger charge is -2.30. The van der Waals surface area contributed by atoms with E-state index in [1.54, 1.807) is 7.11 Å². The van der Waals surface area contributed by atoms with Crippen molar-refractivity contribution < 1.29 is 9.53 Å². The number of nitrogens with one attached hydrogen (secondary N) is 3. The van der Waals surface area contributed by atoms with Gasteiger partial charge in [-0.1, -0.05) is 29.8 Å². The maximum absolute atomic E-state index is 13.1. The summed E-state index contributed by atoms with van der Waals surface area (Å²) >= 11 is 5.31. The number of aryl methyl sites for hydroxylation is 2. The molecule has 0 unspecified atom stereocenters. The lowest BCUT2D eigenvalue weighted by atomic mass is 9.94. The second-order valence-electron chi connectivity index (χ2n) is 6.62. The highest BCUT2D eigenvalue weighted by molar-refractivity contribution is 7.80. The van der Waals surface area contributed by atoms with Crippen molar-refractivity contribution >= 4 is 28.9 Å². The van der Waals surface area contributed by atoms with E-state index in [2.05, 4.69) is 16.0 Å². The van der Waals surface area contributed by atoms with E-state index in [4.69, 9.17) is 17.0 Å². The quantitative estimate of drug-likeness (QED) is 0.704. The summed E-state index contributed by atoms with van der Waals surface area (Å²) in [6, 6.07) is 13.2. The first kappa shape index (κ1) is 18.9. The fraction of sp³-hybridized carbons (Fsp3) is 0.238. The van der Waals surface area contributed by atoms with E-state index in [0.717, 1.165) is 33.8 Å². The molecule has 0 aromatic heterocycles. The Morgan fingerprint density at radius 1 is 1.15 bits per heavy atom. The number of carbonyl (C=O) groups is 1. The Hall–Kier alpha value is -2.86. The second-order valence-corrected chi connectivity index (χ2v) is 7.03. The largest absolute Gasteiger partial charge is 0.497 e. The van der Waals surface area contributed by atoms with Crippen molar-refractivity contribution in [2.45, 2.75) is 26.8 Å². The summed E-state index contributed by atoms with van der Waals surface area (Å²) in [7, 11) is 1.62. The van der Waals surface area contributed by atoms with Gasteiger partial charge in [0.2, 0.25) is 0 Å². The fourth-order valence-electron chi connectivity index (χ4n) is 3.21. The molecule has 2 aromatic rings. The number of hydrogen-bond donors (Lipinski definition) is 3. The van der Waals surface area contributed by atoms with Gasteiger partial charge >= 0.3 is 0 Å². The highest BCUT2D eigenvalue weighted by atomic mass is 32.1. The number of allylic oxidation sites excluding steroid dienone is 1. The highest BCUT2D eigenvalue weighted by Gasteiger charge is 2.30. The van der Waals surface area contributed by atoms with Crippen LogP contribution >= 0.6 is 12.2 Å². The second kappa shape index (κ2) is 7.80. The van der Waals surface area contributed by atoms with E-state index < -0.39 is 0 Å². The van der Waals surface area contributed by atoms with E-state index >= 15 is 0 Å². The lowest BCUT2D eigenvalue weighted by molar-refractivity contribution is -0.113. The number of hydrogen-bond acceptors (Lipinski definition) is 3. The van der Waals surface area contributed by atoms with Gasteiger partial charge < -0.3 is 20.7 Å². The third-order valence-corrected chi connectivity index (χ3v) is 4.79. The highest BCUT2D eigenvalue weighted by Crippen LogP contribution is 2.30. The maximum atomic E-state index is 13.1. The molecule has 1 atom stereocenters. The molecular weight excluding hydrogens is 358 g/mol. The summed E-state index contributed by atoms with van der Waals surface area (Å²) in [5.74, 6) is 0.556. The molecule has 1 heterocycles. The Kier molecular flexibility index (Phi) is 5.46. The van der Waals surface area contributed by atoms with Gasteiger partial charge in [0.05, 0.1) is 18.7 Å². The minimum absolute atomic E-state index is 0.172. The molecule has 1 aliphatic heterocycles. The molecule has 0 spiro atoms. The standard InChI is InChI=1S/C21H23N3O2S/c1-12-8-9-17(13(2)10-12)23-20(25)18-14(3)22-21(27)24-19(18)15-6-5-7-16(11-15)26-4/h5-11,19H,1-4H3,(H,23,25)(H2,22,24,27)/t19-/m0/s1. The number of thiocarbonyl (C=S) groups is 1. The van der Waals surface area contributed by atoms with Crippen LogP contribution in [0.25, 0.3) is 0 Å². The number of benzene rings is 2. The third kappa shape index (κ3) is 4.11. The van der Waals surface area contributed by atoms with Gasteiger partial charge in [-0.2, -0.15) is 0 Å². The van der Waals surface area contributed by atoms with Gasteiger partial charge in [-0.25, -0.2) is 0 Å². The van der Waals surface area contributed by atoms with E-state index in [1.165, 1.54) is 0 Å². The fourth-order valence-corrected chi connectivity index (χ4v) is 3.48. The van der Waals surface area contributed by atoms with Crippen LogP contribution in [0, 0.1) is 13.8 Å². The number of methoxy groups -OCH3 is 1. The molecule has 3 rings (SSSR count). The van der Waals surface area contributed by atoms with Crippen LogP contribution in [0.5, 0.6) is 5.75 Å². The summed E-state index contributed by atoms with van der Waals surface area (Å²) in [4.78, 5) is 13.1. The van der Waals surface area contributed by atoms with Crippen molar-refractivity contribution in [3.63, 3.8) is 0 Å². The molecule has 0 saturated carbocycles. The first-order valence-electron chi connectivity index (χ1n) is 8.70. The summed E-state index contributed by atoms with van der Waals surface area (Å²) in [5, 5.41) is 9.78. The zero-order chi connectivity index (χ0) is 19.6. The Morgan fingerprint density at radius 2 is 1.93 bits per heavy atom. The van der Waals surface area contributed by atoms with Gasteiger partial charge in [-0.15, -0.1) is 0 Å². The normalized spacial score (nSPS) is 16.4. The van der Waals surface area contributed by atoms with Gasteiger partial charge in [0.1, 0.15) is 5.75 Å². The Bertz CT molecular complexity index is 937. The Labute approximate surface area is 164 Å². The summed E-state index contributed by atoms with van der Waals surface area (Å²) in [6.45, 7) is 5.87. The third-order valence-electron chi connectivity index (χ3n) is 4.57. The van der Waals surface area contributed by atoms with Crippen molar-refractivity contribution in [1.29, 1.82) is 0 Å². The van der Waals surface area contributed by atoms with Crippen LogP contribution in [0.1, 0.15) is 29.7 Å². The smallest absolute Gasteiger partial charge is 0.255 e. The van der Waals surface area contributed by atoms with Crippen LogP contribution in [-0.4, -0.2) is 18.1 Å². The lowest BCUT2D eigenvalue weighted by Crippen LogP contribution is -2.45. The van der Waals surface area contributed by atoms with Gasteiger partial charge in [0.15, 0.2) is 5.11 Å². The predicted molar refractivity (Wildman–Crippen MR) is 112 cm³/mol. The molecule has 27 heavy (non-hydrogen) atoms. The van der Waals surface area contributed by atoms with Crippen molar-refractivity contribution in [1.82, 2.24) is 10.6 Å². The topological polar surface area (TPSA) is 62.4 Å². The molecule has 0 fully saturated rings. The zero-order valence-electron chi connectivity index (χ0n) is 15.8. The van der Waals surface area contributed by atoms with Gasteiger partial charge in [0, 0.05) is 11.4 Å². The minimum atomic E-state index is -0.361. The SMILES string of the molecule is COc1cccc([C@@H]2NC(=S)NC(C)=C2C(=O)Nc2ccc(C)cc2C)c1. The van der Waals surface area contributed by atoms with Crippen molar-refractivity contribution in [2.24, 2.45) is 0 Å². The predicted octanol–water partition coefficient (Wildman–Crippen LogP) is 3.74. The molecule has 1 aliphatic rings. The number of amides is 1. The molecular formula is C21H23N3O2S. The number of carbonyl (C=O) groups excluding carboxylic acids is 1. The van der Waals surface area contributed by atoms with Crippen molar-refractivity contribution in [2.75, 3.05) is 12.4 Å². The van der Waals surface area contributed by atoms with E-state index in [0.29, 0.717) is 10.7 Å². The first-order valence-corrected chi connectivity index (χ1v) is 9.10. The molecule has 140 valence electrons. The van der Waals surface area contributed by atoms with Gasteiger partial charge in [-0.3, -0.25) is 4.79 Å². The number of rotatable bonds is 4. The van der Waals surface area contributed by atoms with Crippen LogP contribution in [0.4, 0.5) is 5.69 Å². The van der Waals surface area contributed by atoms with Crippen molar-refractivity contribution in [3.05, 3.63) is 70.4 Å². The first-order chi connectivity index (χ1) is 12.9. The molecule has 0 saturated heterocycles. The van der Waals surface area contributed by atoms with Gasteiger partial charge in [-0.05, 0) is 62.3 Å². The van der Waals surface area contributed by atoms with E-state index in [9.17, 15) is 4.79 Å². The molecule has 3 N–H and O–H groups in total. The molecule has 5 nitrogen and oxygen atoms in total. The zero-order valence-corrected chi connectivity index (χ0v) is 16.7. The minimum Gasteiger partial charge on any atom is -0.497 e. The van der Waals surface area contributed by atoms with Crippen LogP contribution in [0.15, 0.2) is 53.7 Å². The van der Waals surface area contributed by atoms with Crippen LogP contribution < -0.4 is 20.7 Å². The number of ether oxygens (including phenoxy) is 1. The van der Waals surface area contributed by atoms with E-state index in [-0.39, 0.29) is 11.9 Å². The molecule has 0 radical (unpaired) electrons. The summed E-state index contributed by atoms with van der Waals surface area (Å²) < 4.78 is 5.32. The van der Waals surface area contributed by atoms with Crippen LogP contribution in [-0.2, 0) is 4.79 Å². The summed E-state index contributed by atoms with van der Waals surface area (Å²) in [5.41, 5.74) is 5.20. The Morgan fingerprint density at radius 3 is 2.63 bits per heavy atom. The van der Waals surface area contributed by atoms with E-state index in [1.807, 2.05) is 63.2 Å². The van der Waals surface area contributed by atoms with Crippen LogP contribution in [0.3, 0.4) is 0 Å². The average Bonchev–Trinajstić information content (AvgIpc) is 2.63. The number of anilines is 1. The Balaban J connectivity index is 1.96. The van der Waals surface area contributed by atoms with Gasteiger partial charge in [0.25, 0.3) is 5.91 Å². The van der Waals surface area contributed by atoms with Crippen molar-refractivity contribution in [3.8, 4) is 5.75 Å². The monoisotopic (exact) mass is 381 g/mol. The molecule has 1 amide bonds. The average molecular weight is 382 g/mol. The molecule has 0 aliphatic carbocycles.